The third kappa shape index (κ3) is 2.21. The van der Waals surface area contributed by atoms with Gasteiger partial charge in [-0.1, -0.05) is 72.8 Å². The molecule has 0 bridgehead atoms. The van der Waals surface area contributed by atoms with Gasteiger partial charge in [-0.05, 0) is 29.2 Å². The number of hydrogen-bond acceptors (Lipinski definition) is 2. The lowest BCUT2D eigenvalue weighted by Gasteiger charge is -2.36. The number of anilines is 1. The van der Waals surface area contributed by atoms with Crippen LogP contribution in [0.2, 0.25) is 0 Å². The molecule has 0 amide bonds. The molecule has 0 unspecified atom stereocenters. The van der Waals surface area contributed by atoms with E-state index in [0.29, 0.717) is 5.92 Å². The van der Waals surface area contributed by atoms with Gasteiger partial charge in [0.2, 0.25) is 0 Å². The van der Waals surface area contributed by atoms with Crippen LogP contribution in [-0.4, -0.2) is 11.8 Å². The van der Waals surface area contributed by atoms with E-state index in [0.717, 1.165) is 17.7 Å². The zero-order chi connectivity index (χ0) is 16.8. The van der Waals surface area contributed by atoms with Crippen LogP contribution in [0.4, 0.5) is 5.69 Å². The van der Waals surface area contributed by atoms with Crippen molar-refractivity contribution in [3.8, 4) is 0 Å². The average molecular weight is 325 g/mol. The second kappa shape index (κ2) is 5.59. The van der Waals surface area contributed by atoms with E-state index >= 15 is 0 Å². The number of carbonyl (C=O) groups excluding carboxylic acids is 1. The number of Topliss-reactive ketones (excluding diaryl/α,β-unsaturated/α-hetero) is 1. The average Bonchev–Trinajstić information content (AvgIpc) is 3.07. The molecule has 2 nitrogen and oxygen atoms in total. The molecule has 3 atom stereocenters. The number of ketones is 1. The smallest absolute Gasteiger partial charge is 0.185 e. The Kier molecular flexibility index (Phi) is 3.24. The Bertz CT molecular complexity index is 947. The first-order valence-electron chi connectivity index (χ1n) is 8.85. The third-order valence-electron chi connectivity index (χ3n) is 5.65. The maximum Gasteiger partial charge on any atom is 0.185 e. The van der Waals surface area contributed by atoms with Gasteiger partial charge in [0.05, 0.1) is 6.04 Å². The van der Waals surface area contributed by atoms with Gasteiger partial charge in [0.25, 0.3) is 0 Å². The van der Waals surface area contributed by atoms with Crippen molar-refractivity contribution in [2.45, 2.75) is 18.4 Å². The number of hydrogen-bond donors (Lipinski definition) is 1. The molecule has 0 spiro atoms. The molecule has 3 aromatic carbocycles. The highest BCUT2D eigenvalue weighted by atomic mass is 16.1. The fourth-order valence-corrected chi connectivity index (χ4v) is 4.55. The molecule has 1 aliphatic heterocycles. The number of carbonyl (C=O) groups is 1. The first kappa shape index (κ1) is 14.5. The molecular formula is C23H19NO. The number of nitrogens with one attached hydrogen (secondary N) is 1. The molecule has 0 radical (unpaired) electrons. The van der Waals surface area contributed by atoms with Crippen molar-refractivity contribution in [2.75, 3.05) is 5.32 Å². The van der Waals surface area contributed by atoms with E-state index in [1.54, 1.807) is 0 Å². The second-order valence-corrected chi connectivity index (χ2v) is 6.98. The fourth-order valence-electron chi connectivity index (χ4n) is 4.55. The minimum Gasteiger partial charge on any atom is -0.374 e. The second-order valence-electron chi connectivity index (χ2n) is 6.98. The summed E-state index contributed by atoms with van der Waals surface area (Å²) in [5.74, 6) is 0.754. The standard InChI is InChI=1S/C23H19NO/c25-23(15-8-2-1-3-9-15)22-19-14-16-10-4-5-11-17(16)21(19)18-12-6-7-13-20(18)24-22/h1-13,19,21-22,24H,14H2/t19-,21-,22+/m0/s1. The highest BCUT2D eigenvalue weighted by Crippen LogP contribution is 2.49. The molecule has 1 aliphatic carbocycles. The molecule has 2 heteroatoms. The van der Waals surface area contributed by atoms with Gasteiger partial charge in [-0.25, -0.2) is 0 Å². The summed E-state index contributed by atoms with van der Waals surface area (Å²) in [6.07, 6.45) is 0.950. The minimum absolute atomic E-state index is 0.185. The number of rotatable bonds is 2. The zero-order valence-electron chi connectivity index (χ0n) is 13.9. The largest absolute Gasteiger partial charge is 0.374 e. The SMILES string of the molecule is O=C(c1ccccc1)[C@@H]1Nc2ccccc2[C@@H]2c3ccccc3C[C@@H]21. The molecule has 122 valence electrons. The molecular weight excluding hydrogens is 306 g/mol. The Balaban J connectivity index is 1.63. The molecule has 0 aromatic heterocycles. The Hall–Kier alpha value is -2.87. The van der Waals surface area contributed by atoms with E-state index in [1.165, 1.54) is 16.7 Å². The van der Waals surface area contributed by atoms with Crippen LogP contribution >= 0.6 is 0 Å². The Morgan fingerprint density at radius 3 is 2.32 bits per heavy atom. The Labute approximate surface area is 147 Å². The molecule has 2 aliphatic rings. The maximum atomic E-state index is 13.2. The van der Waals surface area contributed by atoms with Crippen LogP contribution in [0.3, 0.4) is 0 Å². The summed E-state index contributed by atoms with van der Waals surface area (Å²) in [5, 5.41) is 3.55. The van der Waals surface area contributed by atoms with Crippen LogP contribution in [0, 0.1) is 5.92 Å². The lowest BCUT2D eigenvalue weighted by atomic mass is 9.75. The van der Waals surface area contributed by atoms with Gasteiger partial charge in [0, 0.05) is 23.1 Å². The third-order valence-corrected chi connectivity index (χ3v) is 5.65. The summed E-state index contributed by atoms with van der Waals surface area (Å²) in [4.78, 5) is 13.2. The van der Waals surface area contributed by atoms with E-state index in [9.17, 15) is 4.79 Å². The van der Waals surface area contributed by atoms with Gasteiger partial charge in [-0.3, -0.25) is 4.79 Å². The van der Waals surface area contributed by atoms with E-state index in [2.05, 4.69) is 47.8 Å². The predicted molar refractivity (Wildman–Crippen MR) is 100 cm³/mol. The van der Waals surface area contributed by atoms with Gasteiger partial charge in [-0.15, -0.1) is 0 Å². The van der Waals surface area contributed by atoms with Crippen molar-refractivity contribution in [1.29, 1.82) is 0 Å². The van der Waals surface area contributed by atoms with Crippen LogP contribution in [0.1, 0.15) is 33.0 Å². The molecule has 0 saturated carbocycles. The molecule has 1 heterocycles. The summed E-state index contributed by atoms with van der Waals surface area (Å²) >= 11 is 0. The normalized spacial score (nSPS) is 23.1. The quantitative estimate of drug-likeness (QED) is 0.694. The van der Waals surface area contributed by atoms with Crippen molar-refractivity contribution in [2.24, 2.45) is 5.92 Å². The molecule has 0 fully saturated rings. The van der Waals surface area contributed by atoms with Crippen molar-refractivity contribution in [3.63, 3.8) is 0 Å². The number of fused-ring (bicyclic) bond motifs is 5. The highest BCUT2D eigenvalue weighted by Gasteiger charge is 2.45. The topological polar surface area (TPSA) is 29.1 Å². The lowest BCUT2D eigenvalue weighted by Crippen LogP contribution is -2.42. The first-order valence-corrected chi connectivity index (χ1v) is 8.85. The van der Waals surface area contributed by atoms with Crippen molar-refractivity contribution < 1.29 is 4.79 Å². The van der Waals surface area contributed by atoms with Crippen molar-refractivity contribution in [1.82, 2.24) is 0 Å². The van der Waals surface area contributed by atoms with Gasteiger partial charge in [-0.2, -0.15) is 0 Å². The van der Waals surface area contributed by atoms with Crippen molar-refractivity contribution >= 4 is 11.5 Å². The number of benzene rings is 3. The van der Waals surface area contributed by atoms with Gasteiger partial charge < -0.3 is 5.32 Å². The Morgan fingerprint density at radius 2 is 1.48 bits per heavy atom. The van der Waals surface area contributed by atoms with E-state index in [4.69, 9.17) is 0 Å². The van der Waals surface area contributed by atoms with Crippen LogP contribution in [0.25, 0.3) is 0 Å². The summed E-state index contributed by atoms with van der Waals surface area (Å²) in [6, 6.07) is 26.6. The van der Waals surface area contributed by atoms with Crippen LogP contribution < -0.4 is 5.32 Å². The number of para-hydroxylation sites is 1. The van der Waals surface area contributed by atoms with Gasteiger partial charge >= 0.3 is 0 Å². The van der Waals surface area contributed by atoms with E-state index < -0.39 is 0 Å². The zero-order valence-corrected chi connectivity index (χ0v) is 13.9. The van der Waals surface area contributed by atoms with Crippen LogP contribution in [0.5, 0.6) is 0 Å². The van der Waals surface area contributed by atoms with E-state index in [-0.39, 0.29) is 17.7 Å². The Morgan fingerprint density at radius 1 is 0.800 bits per heavy atom. The first-order chi connectivity index (χ1) is 12.3. The summed E-state index contributed by atoms with van der Waals surface area (Å²) in [5.41, 5.74) is 5.95. The van der Waals surface area contributed by atoms with Crippen LogP contribution in [-0.2, 0) is 6.42 Å². The predicted octanol–water partition coefficient (Wildman–Crippen LogP) is 4.67. The molecule has 0 saturated heterocycles. The van der Waals surface area contributed by atoms with E-state index in [1.807, 2.05) is 36.4 Å². The maximum absolute atomic E-state index is 13.2. The fraction of sp³-hybridized carbons (Fsp3) is 0.174. The van der Waals surface area contributed by atoms with Gasteiger partial charge in [0.1, 0.15) is 0 Å². The molecule has 3 aromatic rings. The summed E-state index contributed by atoms with van der Waals surface area (Å²) in [6.45, 7) is 0. The summed E-state index contributed by atoms with van der Waals surface area (Å²) in [7, 11) is 0. The summed E-state index contributed by atoms with van der Waals surface area (Å²) < 4.78 is 0. The minimum atomic E-state index is -0.185. The molecule has 25 heavy (non-hydrogen) atoms. The molecule has 1 N–H and O–H groups in total. The van der Waals surface area contributed by atoms with Gasteiger partial charge in [0.15, 0.2) is 5.78 Å². The lowest BCUT2D eigenvalue weighted by molar-refractivity contribution is 0.0938. The van der Waals surface area contributed by atoms with Crippen LogP contribution in [0.15, 0.2) is 78.9 Å². The highest BCUT2D eigenvalue weighted by molar-refractivity contribution is 6.02. The monoisotopic (exact) mass is 325 g/mol. The molecule has 5 rings (SSSR count). The van der Waals surface area contributed by atoms with Crippen molar-refractivity contribution in [3.05, 3.63) is 101 Å².